The molecule has 0 fully saturated rings. The Labute approximate surface area is 75.9 Å². The van der Waals surface area contributed by atoms with E-state index < -0.39 is 10.8 Å². The van der Waals surface area contributed by atoms with E-state index in [-0.39, 0.29) is 5.97 Å². The fourth-order valence-corrected chi connectivity index (χ4v) is 1.42. The van der Waals surface area contributed by atoms with Gasteiger partial charge in [0.1, 0.15) is 0 Å². The number of hydrogen-bond acceptors (Lipinski definition) is 3. The van der Waals surface area contributed by atoms with Crippen LogP contribution in [0.4, 0.5) is 0 Å². The summed E-state index contributed by atoms with van der Waals surface area (Å²) >= 11 is 0. The minimum Gasteiger partial charge on any atom is -0.466 e. The molecule has 0 saturated heterocycles. The van der Waals surface area contributed by atoms with Gasteiger partial charge in [0.15, 0.2) is 0 Å². The molecular formula is C8H16O3S. The zero-order chi connectivity index (χ0) is 9.40. The van der Waals surface area contributed by atoms with Crippen molar-refractivity contribution in [1.29, 1.82) is 0 Å². The quantitative estimate of drug-likeness (QED) is 0.467. The summed E-state index contributed by atoms with van der Waals surface area (Å²) in [6.07, 6.45) is 3.73. The second-order valence-corrected chi connectivity index (χ2v) is 4.09. The van der Waals surface area contributed by atoms with Crippen LogP contribution in [0.1, 0.15) is 26.2 Å². The highest BCUT2D eigenvalue weighted by atomic mass is 32.2. The summed E-state index contributed by atoms with van der Waals surface area (Å²) in [4.78, 5) is 10.8. The molecule has 0 N–H and O–H groups in total. The van der Waals surface area contributed by atoms with Crippen LogP contribution >= 0.6 is 0 Å². The highest BCUT2D eigenvalue weighted by Gasteiger charge is 2.00. The van der Waals surface area contributed by atoms with Crippen LogP contribution in [0.3, 0.4) is 0 Å². The fourth-order valence-electron chi connectivity index (χ4n) is 0.808. The predicted octanol–water partition coefficient (Wildman–Crippen LogP) is 1.10. The standard InChI is InChI=1S/C8H16O3S/c1-3-11-8(9)6-4-5-7-12(2)10/h3-7H2,1-2H3. The van der Waals surface area contributed by atoms with Crippen molar-refractivity contribution < 1.29 is 13.7 Å². The molecule has 1 atom stereocenters. The van der Waals surface area contributed by atoms with Crippen molar-refractivity contribution in [1.82, 2.24) is 0 Å². The molecule has 0 amide bonds. The second kappa shape index (κ2) is 7.28. The lowest BCUT2D eigenvalue weighted by molar-refractivity contribution is -0.143. The highest BCUT2D eigenvalue weighted by molar-refractivity contribution is 7.84. The van der Waals surface area contributed by atoms with Crippen LogP contribution in [0.5, 0.6) is 0 Å². The Kier molecular flexibility index (Phi) is 7.05. The van der Waals surface area contributed by atoms with E-state index in [0.29, 0.717) is 18.8 Å². The summed E-state index contributed by atoms with van der Waals surface area (Å²) in [6, 6.07) is 0. The Morgan fingerprint density at radius 2 is 2.08 bits per heavy atom. The van der Waals surface area contributed by atoms with Crippen LogP contribution in [0.15, 0.2) is 0 Å². The molecular weight excluding hydrogens is 176 g/mol. The van der Waals surface area contributed by atoms with E-state index in [1.54, 1.807) is 13.2 Å². The van der Waals surface area contributed by atoms with E-state index in [1.165, 1.54) is 0 Å². The molecule has 3 nitrogen and oxygen atoms in total. The van der Waals surface area contributed by atoms with Gasteiger partial charge in [-0.2, -0.15) is 0 Å². The maximum atomic E-state index is 10.8. The molecule has 0 radical (unpaired) electrons. The number of esters is 1. The monoisotopic (exact) mass is 192 g/mol. The zero-order valence-corrected chi connectivity index (χ0v) is 8.49. The van der Waals surface area contributed by atoms with Crippen molar-refractivity contribution in [2.75, 3.05) is 18.6 Å². The summed E-state index contributed by atoms with van der Waals surface area (Å²) in [6.45, 7) is 2.23. The number of hydrogen-bond donors (Lipinski definition) is 0. The lowest BCUT2D eigenvalue weighted by atomic mass is 10.2. The van der Waals surface area contributed by atoms with Crippen molar-refractivity contribution in [2.45, 2.75) is 26.2 Å². The smallest absolute Gasteiger partial charge is 0.305 e. The summed E-state index contributed by atoms with van der Waals surface area (Å²) in [5.41, 5.74) is 0. The first-order valence-corrected chi connectivity index (χ1v) is 5.85. The molecule has 0 aliphatic heterocycles. The van der Waals surface area contributed by atoms with Gasteiger partial charge >= 0.3 is 5.97 Å². The van der Waals surface area contributed by atoms with Gasteiger partial charge in [-0.25, -0.2) is 0 Å². The molecule has 4 heteroatoms. The predicted molar refractivity (Wildman–Crippen MR) is 49.4 cm³/mol. The van der Waals surface area contributed by atoms with Gasteiger partial charge in [-0.05, 0) is 19.8 Å². The Morgan fingerprint density at radius 3 is 2.58 bits per heavy atom. The van der Waals surface area contributed by atoms with E-state index >= 15 is 0 Å². The van der Waals surface area contributed by atoms with Crippen molar-refractivity contribution in [2.24, 2.45) is 0 Å². The van der Waals surface area contributed by atoms with Crippen LogP contribution in [-0.4, -0.2) is 28.8 Å². The van der Waals surface area contributed by atoms with Gasteiger partial charge in [0, 0.05) is 29.2 Å². The molecule has 0 saturated carbocycles. The normalized spacial score (nSPS) is 12.5. The van der Waals surface area contributed by atoms with Gasteiger partial charge in [-0.3, -0.25) is 9.00 Å². The minimum atomic E-state index is -0.736. The largest absolute Gasteiger partial charge is 0.466 e. The van der Waals surface area contributed by atoms with E-state index in [2.05, 4.69) is 0 Å². The average molecular weight is 192 g/mol. The van der Waals surface area contributed by atoms with Crippen molar-refractivity contribution in [3.8, 4) is 0 Å². The van der Waals surface area contributed by atoms with Crippen LogP contribution in [0, 0.1) is 0 Å². The Morgan fingerprint density at radius 1 is 1.42 bits per heavy atom. The molecule has 0 spiro atoms. The summed E-state index contributed by atoms with van der Waals surface area (Å²) in [5.74, 6) is 0.527. The number of carbonyl (C=O) groups is 1. The Bertz CT molecular complexity index is 156. The van der Waals surface area contributed by atoms with Crippen LogP contribution in [0.2, 0.25) is 0 Å². The van der Waals surface area contributed by atoms with Crippen molar-refractivity contribution >= 4 is 16.8 Å². The first-order chi connectivity index (χ1) is 5.66. The average Bonchev–Trinajstić information content (AvgIpc) is 1.98. The molecule has 0 aromatic rings. The third kappa shape index (κ3) is 7.72. The Hall–Kier alpha value is -0.380. The van der Waals surface area contributed by atoms with Crippen molar-refractivity contribution in [3.05, 3.63) is 0 Å². The highest BCUT2D eigenvalue weighted by Crippen LogP contribution is 1.98. The number of ether oxygens (including phenoxy) is 1. The second-order valence-electron chi connectivity index (χ2n) is 2.54. The van der Waals surface area contributed by atoms with Crippen molar-refractivity contribution in [3.63, 3.8) is 0 Å². The Balaban J connectivity index is 3.19. The summed E-state index contributed by atoms with van der Waals surface area (Å²) < 4.78 is 15.3. The molecule has 0 aromatic heterocycles. The lowest BCUT2D eigenvalue weighted by Crippen LogP contribution is -2.04. The third-order valence-corrected chi connectivity index (χ3v) is 2.23. The molecule has 1 unspecified atom stereocenters. The third-order valence-electron chi connectivity index (χ3n) is 1.37. The van der Waals surface area contributed by atoms with Crippen LogP contribution in [-0.2, 0) is 20.3 Å². The SMILES string of the molecule is CCOC(=O)CCCCS(C)=O. The first-order valence-electron chi connectivity index (χ1n) is 4.12. The maximum absolute atomic E-state index is 10.8. The van der Waals surface area contributed by atoms with Gasteiger partial charge in [0.25, 0.3) is 0 Å². The molecule has 0 rings (SSSR count). The van der Waals surface area contributed by atoms with E-state index in [4.69, 9.17) is 4.74 Å². The molecule has 72 valence electrons. The van der Waals surface area contributed by atoms with Gasteiger partial charge in [-0.15, -0.1) is 0 Å². The van der Waals surface area contributed by atoms with Gasteiger partial charge in [0.05, 0.1) is 6.61 Å². The van der Waals surface area contributed by atoms with E-state index in [0.717, 1.165) is 12.8 Å². The lowest BCUT2D eigenvalue weighted by Gasteiger charge is -2.00. The molecule has 0 aliphatic rings. The van der Waals surface area contributed by atoms with Gasteiger partial charge in [0.2, 0.25) is 0 Å². The number of rotatable bonds is 6. The molecule has 0 aliphatic carbocycles. The first kappa shape index (κ1) is 11.6. The number of carbonyl (C=O) groups excluding carboxylic acids is 1. The van der Waals surface area contributed by atoms with E-state index in [9.17, 15) is 9.00 Å². The fraction of sp³-hybridized carbons (Fsp3) is 0.875. The molecule has 0 bridgehead atoms. The molecule has 12 heavy (non-hydrogen) atoms. The zero-order valence-electron chi connectivity index (χ0n) is 7.67. The molecule has 0 aromatic carbocycles. The topological polar surface area (TPSA) is 43.4 Å². The van der Waals surface area contributed by atoms with E-state index in [1.807, 2.05) is 0 Å². The van der Waals surface area contributed by atoms with Gasteiger partial charge < -0.3 is 4.74 Å². The minimum absolute atomic E-state index is 0.153. The maximum Gasteiger partial charge on any atom is 0.305 e. The number of unbranched alkanes of at least 4 members (excludes halogenated alkanes) is 1. The van der Waals surface area contributed by atoms with Gasteiger partial charge in [-0.1, -0.05) is 0 Å². The molecule has 0 heterocycles. The van der Waals surface area contributed by atoms with Crippen LogP contribution in [0.25, 0.3) is 0 Å². The summed E-state index contributed by atoms with van der Waals surface area (Å²) in [7, 11) is -0.736. The summed E-state index contributed by atoms with van der Waals surface area (Å²) in [5, 5.41) is 0. The van der Waals surface area contributed by atoms with Crippen LogP contribution < -0.4 is 0 Å².